The van der Waals surface area contributed by atoms with Crippen molar-refractivity contribution in [3.8, 4) is 5.75 Å². The number of hydrogen-bond donors (Lipinski definition) is 1. The molecule has 98 valence electrons. The molecule has 0 aromatic heterocycles. The van der Waals surface area contributed by atoms with Crippen molar-refractivity contribution in [1.29, 1.82) is 0 Å². The maximum absolute atomic E-state index is 12.1. The molecule has 0 fully saturated rings. The van der Waals surface area contributed by atoms with Crippen molar-refractivity contribution >= 4 is 11.5 Å². The fourth-order valence-corrected chi connectivity index (χ4v) is 1.89. The molecule has 19 heavy (non-hydrogen) atoms. The van der Waals surface area contributed by atoms with Gasteiger partial charge in [-0.1, -0.05) is 30.3 Å². The van der Waals surface area contributed by atoms with Gasteiger partial charge in [-0.2, -0.15) is 0 Å². The first-order valence-corrected chi connectivity index (χ1v) is 6.26. The highest BCUT2D eigenvalue weighted by Crippen LogP contribution is 2.19. The van der Waals surface area contributed by atoms with E-state index >= 15 is 0 Å². The summed E-state index contributed by atoms with van der Waals surface area (Å²) in [5.41, 5.74) is 1.66. The molecule has 2 rings (SSSR count). The second kappa shape index (κ2) is 6.59. The number of nitrogens with one attached hydrogen (secondary N) is 1. The van der Waals surface area contributed by atoms with Crippen LogP contribution in [0.5, 0.6) is 5.75 Å². The van der Waals surface area contributed by atoms with Gasteiger partial charge in [0.1, 0.15) is 5.75 Å². The molecular formula is C16H17NO2. The third-order valence-electron chi connectivity index (χ3n) is 2.86. The first-order chi connectivity index (χ1) is 9.31. The summed E-state index contributed by atoms with van der Waals surface area (Å²) in [6, 6.07) is 17.2. The third-order valence-corrected chi connectivity index (χ3v) is 2.86. The molecule has 0 radical (unpaired) electrons. The van der Waals surface area contributed by atoms with Gasteiger partial charge in [-0.15, -0.1) is 0 Å². The molecule has 0 heterocycles. The largest absolute Gasteiger partial charge is 0.496 e. The van der Waals surface area contributed by atoms with E-state index in [4.69, 9.17) is 4.74 Å². The van der Waals surface area contributed by atoms with Crippen molar-refractivity contribution in [2.24, 2.45) is 0 Å². The van der Waals surface area contributed by atoms with Gasteiger partial charge < -0.3 is 10.1 Å². The molecule has 2 aromatic rings. The number of rotatable bonds is 6. The zero-order chi connectivity index (χ0) is 13.5. The minimum atomic E-state index is 0.0841. The highest BCUT2D eigenvalue weighted by molar-refractivity contribution is 5.98. The van der Waals surface area contributed by atoms with Crippen molar-refractivity contribution in [2.45, 2.75) is 6.42 Å². The van der Waals surface area contributed by atoms with Gasteiger partial charge in [0.15, 0.2) is 5.78 Å². The number of carbonyl (C=O) groups excluding carboxylic acids is 1. The summed E-state index contributed by atoms with van der Waals surface area (Å²) < 4.78 is 5.19. The molecule has 0 spiro atoms. The van der Waals surface area contributed by atoms with Crippen LogP contribution in [0.2, 0.25) is 0 Å². The molecule has 0 amide bonds. The second-order valence-electron chi connectivity index (χ2n) is 4.17. The zero-order valence-electron chi connectivity index (χ0n) is 10.9. The highest BCUT2D eigenvalue weighted by Gasteiger charge is 2.10. The zero-order valence-corrected chi connectivity index (χ0v) is 10.9. The van der Waals surface area contributed by atoms with E-state index in [0.717, 1.165) is 5.69 Å². The van der Waals surface area contributed by atoms with Crippen LogP contribution in [0, 0.1) is 0 Å². The van der Waals surface area contributed by atoms with Gasteiger partial charge in [0.25, 0.3) is 0 Å². The van der Waals surface area contributed by atoms with E-state index in [1.54, 1.807) is 19.2 Å². The maximum atomic E-state index is 12.1. The van der Waals surface area contributed by atoms with Gasteiger partial charge in [0, 0.05) is 18.7 Å². The Morgan fingerprint density at radius 2 is 1.74 bits per heavy atom. The summed E-state index contributed by atoms with van der Waals surface area (Å²) in [5.74, 6) is 0.716. The number of methoxy groups -OCH3 is 1. The Bertz CT molecular complexity index is 537. The number of Topliss-reactive ketones (excluding diaryl/α,β-unsaturated/α-hetero) is 1. The lowest BCUT2D eigenvalue weighted by Gasteiger charge is -2.08. The Hall–Kier alpha value is -2.29. The van der Waals surface area contributed by atoms with E-state index in [2.05, 4.69) is 5.32 Å². The van der Waals surface area contributed by atoms with E-state index < -0.39 is 0 Å². The lowest BCUT2D eigenvalue weighted by molar-refractivity contribution is 0.0983. The summed E-state index contributed by atoms with van der Waals surface area (Å²) in [5, 5.41) is 3.22. The third kappa shape index (κ3) is 3.58. The Morgan fingerprint density at radius 3 is 2.47 bits per heavy atom. The molecule has 3 nitrogen and oxygen atoms in total. The number of benzene rings is 2. The molecule has 0 bridgehead atoms. The minimum absolute atomic E-state index is 0.0841. The molecule has 2 aromatic carbocycles. The fourth-order valence-electron chi connectivity index (χ4n) is 1.89. The molecule has 0 saturated carbocycles. The van der Waals surface area contributed by atoms with Gasteiger partial charge in [-0.05, 0) is 24.3 Å². The molecule has 0 aliphatic heterocycles. The average molecular weight is 255 g/mol. The molecule has 0 atom stereocenters. The molecule has 3 heteroatoms. The quantitative estimate of drug-likeness (QED) is 0.804. The van der Waals surface area contributed by atoms with Crippen LogP contribution in [0.1, 0.15) is 16.8 Å². The van der Waals surface area contributed by atoms with E-state index in [-0.39, 0.29) is 5.78 Å². The van der Waals surface area contributed by atoms with Crippen molar-refractivity contribution in [3.63, 3.8) is 0 Å². The van der Waals surface area contributed by atoms with Crippen LogP contribution < -0.4 is 10.1 Å². The van der Waals surface area contributed by atoms with E-state index in [1.165, 1.54) is 0 Å². The maximum Gasteiger partial charge on any atom is 0.168 e. The molecular weight excluding hydrogens is 238 g/mol. The van der Waals surface area contributed by atoms with Gasteiger partial charge in [-0.25, -0.2) is 0 Å². The van der Waals surface area contributed by atoms with Crippen molar-refractivity contribution in [3.05, 3.63) is 60.2 Å². The normalized spacial score (nSPS) is 9.95. The van der Waals surface area contributed by atoms with E-state index in [9.17, 15) is 4.79 Å². The van der Waals surface area contributed by atoms with Gasteiger partial charge in [-0.3, -0.25) is 4.79 Å². The smallest absolute Gasteiger partial charge is 0.168 e. The highest BCUT2D eigenvalue weighted by atomic mass is 16.5. The summed E-state index contributed by atoms with van der Waals surface area (Å²) in [4.78, 5) is 12.1. The summed E-state index contributed by atoms with van der Waals surface area (Å²) in [7, 11) is 1.58. The Balaban J connectivity index is 1.91. The summed E-state index contributed by atoms with van der Waals surface area (Å²) in [6.45, 7) is 0.612. The monoisotopic (exact) mass is 255 g/mol. The van der Waals surface area contributed by atoms with Crippen LogP contribution in [0.4, 0.5) is 5.69 Å². The number of ketones is 1. The van der Waals surface area contributed by atoms with E-state index in [1.807, 2.05) is 42.5 Å². The van der Waals surface area contributed by atoms with Crippen LogP contribution in [-0.4, -0.2) is 19.4 Å². The van der Waals surface area contributed by atoms with Crippen molar-refractivity contribution in [2.75, 3.05) is 19.0 Å². The van der Waals surface area contributed by atoms with Crippen molar-refractivity contribution in [1.82, 2.24) is 0 Å². The summed E-state index contributed by atoms with van der Waals surface area (Å²) in [6.07, 6.45) is 0.440. The first kappa shape index (κ1) is 13.1. The van der Waals surface area contributed by atoms with Crippen LogP contribution >= 0.6 is 0 Å². The SMILES string of the molecule is COc1ccccc1C(=O)CCNc1ccccc1. The Morgan fingerprint density at radius 1 is 1.05 bits per heavy atom. The minimum Gasteiger partial charge on any atom is -0.496 e. The van der Waals surface area contributed by atoms with E-state index in [0.29, 0.717) is 24.3 Å². The number of carbonyl (C=O) groups is 1. The van der Waals surface area contributed by atoms with Crippen LogP contribution in [0.25, 0.3) is 0 Å². The van der Waals surface area contributed by atoms with Gasteiger partial charge in [0.2, 0.25) is 0 Å². The lowest BCUT2D eigenvalue weighted by atomic mass is 10.1. The standard InChI is InChI=1S/C16H17NO2/c1-19-16-10-6-5-9-14(16)15(18)11-12-17-13-7-3-2-4-8-13/h2-10,17H,11-12H2,1H3. The topological polar surface area (TPSA) is 38.3 Å². The Kier molecular flexibility index (Phi) is 4.56. The Labute approximate surface area is 113 Å². The molecule has 0 aliphatic rings. The van der Waals surface area contributed by atoms with Crippen LogP contribution in [0.3, 0.4) is 0 Å². The predicted molar refractivity (Wildman–Crippen MR) is 76.9 cm³/mol. The summed E-state index contributed by atoms with van der Waals surface area (Å²) >= 11 is 0. The fraction of sp³-hybridized carbons (Fsp3) is 0.188. The molecule has 0 saturated heterocycles. The first-order valence-electron chi connectivity index (χ1n) is 6.26. The number of anilines is 1. The number of hydrogen-bond acceptors (Lipinski definition) is 3. The number of ether oxygens (including phenoxy) is 1. The molecule has 0 aliphatic carbocycles. The van der Waals surface area contributed by atoms with Gasteiger partial charge >= 0.3 is 0 Å². The van der Waals surface area contributed by atoms with Crippen LogP contribution in [0.15, 0.2) is 54.6 Å². The molecule has 0 unspecified atom stereocenters. The average Bonchev–Trinajstić information content (AvgIpc) is 2.48. The van der Waals surface area contributed by atoms with Crippen molar-refractivity contribution < 1.29 is 9.53 Å². The van der Waals surface area contributed by atoms with Crippen LogP contribution in [-0.2, 0) is 0 Å². The number of para-hydroxylation sites is 2. The lowest BCUT2D eigenvalue weighted by Crippen LogP contribution is -2.09. The van der Waals surface area contributed by atoms with Gasteiger partial charge in [0.05, 0.1) is 12.7 Å². The predicted octanol–water partition coefficient (Wildman–Crippen LogP) is 3.38. The molecule has 1 N–H and O–H groups in total. The second-order valence-corrected chi connectivity index (χ2v) is 4.17.